The van der Waals surface area contributed by atoms with Crippen LogP contribution in [-0.2, 0) is 42.0 Å². The minimum absolute atomic E-state index is 0.00221. The largest absolute Gasteiger partial charge is 0.461 e. The lowest BCUT2D eigenvalue weighted by molar-refractivity contribution is -0.144. The number of amides is 2. The van der Waals surface area contributed by atoms with Crippen molar-refractivity contribution < 1.29 is 31.9 Å². The van der Waals surface area contributed by atoms with Crippen molar-refractivity contribution in [1.82, 2.24) is 15.6 Å². The number of sulfone groups is 1. The van der Waals surface area contributed by atoms with Crippen molar-refractivity contribution in [3.05, 3.63) is 88.7 Å². The Morgan fingerprint density at radius 1 is 1.02 bits per heavy atom. The van der Waals surface area contributed by atoms with Crippen molar-refractivity contribution in [3.63, 3.8) is 0 Å². The lowest BCUT2D eigenvalue weighted by atomic mass is 10.0. The molecule has 230 valence electrons. The maximum atomic E-state index is 15.4. The summed E-state index contributed by atoms with van der Waals surface area (Å²) in [5.41, 5.74) is 2.45. The zero-order valence-electron chi connectivity index (χ0n) is 24.2. The fourth-order valence-corrected chi connectivity index (χ4v) is 7.32. The van der Waals surface area contributed by atoms with Crippen LogP contribution < -0.4 is 10.6 Å². The molecule has 9 nitrogen and oxygen atoms in total. The number of esters is 1. The van der Waals surface area contributed by atoms with Crippen molar-refractivity contribution in [2.24, 2.45) is 0 Å². The maximum Gasteiger partial charge on any atom is 0.310 e. The van der Waals surface area contributed by atoms with E-state index in [-0.39, 0.29) is 41.7 Å². The first kappa shape index (κ1) is 31.3. The molecule has 1 aliphatic carbocycles. The Kier molecular flexibility index (Phi) is 9.40. The molecule has 1 unspecified atom stereocenters. The molecule has 0 radical (unpaired) electrons. The van der Waals surface area contributed by atoms with Gasteiger partial charge in [-0.05, 0) is 49.4 Å². The minimum atomic E-state index is -4.04. The van der Waals surface area contributed by atoms with Gasteiger partial charge < -0.3 is 15.4 Å². The third kappa shape index (κ3) is 7.48. The van der Waals surface area contributed by atoms with Crippen molar-refractivity contribution in [1.29, 1.82) is 0 Å². The van der Waals surface area contributed by atoms with E-state index in [1.54, 1.807) is 30.3 Å². The Hall–Kier alpha value is -4.16. The number of rotatable bonds is 12. The third-order valence-corrected chi connectivity index (χ3v) is 10.8. The first-order valence-electron chi connectivity index (χ1n) is 14.2. The molecule has 1 atom stereocenters. The molecular weight excluding hydrogens is 605 g/mol. The van der Waals surface area contributed by atoms with E-state index in [1.165, 1.54) is 19.9 Å². The Morgan fingerprint density at radius 3 is 2.45 bits per heavy atom. The highest BCUT2D eigenvalue weighted by molar-refractivity contribution is 7.93. The molecule has 3 aromatic carbocycles. The summed E-state index contributed by atoms with van der Waals surface area (Å²) in [7, 11) is -4.04. The van der Waals surface area contributed by atoms with Crippen molar-refractivity contribution in [2.45, 2.75) is 56.3 Å². The van der Waals surface area contributed by atoms with Crippen LogP contribution in [0.3, 0.4) is 0 Å². The molecule has 2 amide bonds. The number of carbonyl (C=O) groups excluding carboxylic acids is 3. The fourth-order valence-electron chi connectivity index (χ4n) is 4.54. The van der Waals surface area contributed by atoms with Gasteiger partial charge in [0.25, 0.3) is 0 Å². The number of halogens is 1. The first-order valence-corrected chi connectivity index (χ1v) is 16.6. The summed E-state index contributed by atoms with van der Waals surface area (Å²) < 4.78 is 47.8. The van der Waals surface area contributed by atoms with E-state index < -0.39 is 43.9 Å². The number of ether oxygens (including phenoxy) is 1. The monoisotopic (exact) mass is 637 g/mol. The second-order valence-corrected chi connectivity index (χ2v) is 14.6. The SMILES string of the molecule is CC(C)S(=O)(=O)C(C(=O)NCC(=O)NC1CC1)c1nc2cc(F)c(-c3cccc(CC(=O)OCc4ccccc4)c3)cc2s1. The molecular formula is C32H32FN3O6S2. The van der Waals surface area contributed by atoms with Gasteiger partial charge in [-0.1, -0.05) is 54.6 Å². The quantitative estimate of drug-likeness (QED) is 0.216. The molecule has 1 aromatic heterocycles. The van der Waals surface area contributed by atoms with Crippen molar-refractivity contribution in [2.75, 3.05) is 6.54 Å². The second kappa shape index (κ2) is 13.2. The lowest BCUT2D eigenvalue weighted by Gasteiger charge is -2.17. The van der Waals surface area contributed by atoms with E-state index in [2.05, 4.69) is 15.6 Å². The zero-order valence-corrected chi connectivity index (χ0v) is 25.8. The predicted octanol–water partition coefficient (Wildman–Crippen LogP) is 4.65. The first-order chi connectivity index (χ1) is 21.0. The van der Waals surface area contributed by atoms with Gasteiger partial charge in [0.1, 0.15) is 17.4 Å². The molecule has 44 heavy (non-hydrogen) atoms. The number of fused-ring (bicyclic) bond motifs is 1. The highest BCUT2D eigenvalue weighted by Crippen LogP contribution is 2.36. The fraction of sp³-hybridized carbons (Fsp3) is 0.312. The van der Waals surface area contributed by atoms with Crippen LogP contribution in [0.5, 0.6) is 0 Å². The van der Waals surface area contributed by atoms with Crippen LogP contribution in [0.2, 0.25) is 0 Å². The Balaban J connectivity index is 1.37. The Bertz CT molecular complexity index is 1800. The molecule has 4 aromatic rings. The van der Waals surface area contributed by atoms with Crippen LogP contribution in [0.4, 0.5) is 4.39 Å². The van der Waals surface area contributed by atoms with Crippen LogP contribution in [0.25, 0.3) is 21.3 Å². The van der Waals surface area contributed by atoms with Crippen molar-refractivity contribution in [3.8, 4) is 11.1 Å². The number of benzene rings is 3. The molecule has 0 bridgehead atoms. The van der Waals surface area contributed by atoms with Gasteiger partial charge in [-0.15, -0.1) is 11.3 Å². The van der Waals surface area contributed by atoms with Crippen LogP contribution in [-0.4, -0.2) is 49.0 Å². The van der Waals surface area contributed by atoms with Gasteiger partial charge in [-0.25, -0.2) is 17.8 Å². The Labute approximate surface area is 258 Å². The van der Waals surface area contributed by atoms with Crippen LogP contribution in [0.1, 0.15) is 48.1 Å². The number of nitrogens with zero attached hydrogens (tertiary/aromatic N) is 1. The average molecular weight is 638 g/mol. The van der Waals surface area contributed by atoms with Gasteiger partial charge in [0.2, 0.25) is 11.8 Å². The average Bonchev–Trinajstić information content (AvgIpc) is 3.71. The molecule has 1 aliphatic rings. The van der Waals surface area contributed by atoms with E-state index in [1.807, 2.05) is 30.3 Å². The van der Waals surface area contributed by atoms with Crippen LogP contribution >= 0.6 is 11.3 Å². The summed E-state index contributed by atoms with van der Waals surface area (Å²) in [4.78, 5) is 42.1. The Morgan fingerprint density at radius 2 is 1.75 bits per heavy atom. The number of hydrogen-bond donors (Lipinski definition) is 2. The van der Waals surface area contributed by atoms with Crippen LogP contribution in [0, 0.1) is 5.82 Å². The minimum Gasteiger partial charge on any atom is -0.461 e. The summed E-state index contributed by atoms with van der Waals surface area (Å²) in [6.45, 7) is 2.72. The third-order valence-electron chi connectivity index (χ3n) is 7.14. The number of carbonyl (C=O) groups is 3. The summed E-state index contributed by atoms with van der Waals surface area (Å²) in [6, 6.07) is 19.0. The molecule has 1 saturated carbocycles. The van der Waals surface area contributed by atoms with E-state index >= 15 is 4.39 Å². The van der Waals surface area contributed by atoms with Gasteiger partial charge in [-0.2, -0.15) is 0 Å². The topological polar surface area (TPSA) is 132 Å². The molecule has 0 aliphatic heterocycles. The highest BCUT2D eigenvalue weighted by Gasteiger charge is 2.39. The van der Waals surface area contributed by atoms with Gasteiger partial charge in [-0.3, -0.25) is 14.4 Å². The van der Waals surface area contributed by atoms with E-state index in [0.29, 0.717) is 15.8 Å². The van der Waals surface area contributed by atoms with Gasteiger partial charge in [0.15, 0.2) is 15.1 Å². The summed E-state index contributed by atoms with van der Waals surface area (Å²) in [5, 5.41) is 2.60. The molecule has 1 fully saturated rings. The normalized spacial score (nSPS) is 13.9. The predicted molar refractivity (Wildman–Crippen MR) is 166 cm³/mol. The smallest absolute Gasteiger partial charge is 0.310 e. The highest BCUT2D eigenvalue weighted by atomic mass is 32.2. The zero-order chi connectivity index (χ0) is 31.4. The lowest BCUT2D eigenvalue weighted by Crippen LogP contribution is -2.42. The van der Waals surface area contributed by atoms with E-state index in [4.69, 9.17) is 4.74 Å². The van der Waals surface area contributed by atoms with E-state index in [0.717, 1.165) is 29.7 Å². The van der Waals surface area contributed by atoms with Gasteiger partial charge in [0, 0.05) is 17.7 Å². The van der Waals surface area contributed by atoms with Gasteiger partial charge >= 0.3 is 5.97 Å². The number of thiazole rings is 1. The summed E-state index contributed by atoms with van der Waals surface area (Å²) >= 11 is 0.977. The molecule has 12 heteroatoms. The molecule has 0 spiro atoms. The van der Waals surface area contributed by atoms with Crippen molar-refractivity contribution >= 4 is 49.2 Å². The van der Waals surface area contributed by atoms with E-state index in [9.17, 15) is 22.8 Å². The molecule has 1 heterocycles. The maximum absolute atomic E-state index is 15.4. The summed E-state index contributed by atoms with van der Waals surface area (Å²) in [5.74, 6) is -2.28. The van der Waals surface area contributed by atoms with Gasteiger partial charge in [0.05, 0.1) is 28.4 Å². The number of aromatic nitrogens is 1. The number of hydrogen-bond acceptors (Lipinski definition) is 8. The summed E-state index contributed by atoms with van der Waals surface area (Å²) in [6.07, 6.45) is 1.75. The second-order valence-electron chi connectivity index (χ2n) is 11.0. The standard InChI is InChI=1S/C32H32FN3O6S2/c1-19(2)44(40,41)30(31(39)34-17-28(37)35-23-11-12-23)32-36-26-16-25(33)24(15-27(26)43-32)22-10-6-9-21(13-22)14-29(38)42-18-20-7-4-3-5-8-20/h3-10,13,15-16,19,23,30H,11-12,14,17-18H2,1-2H3,(H,34,39)(H,35,37). The van der Waals surface area contributed by atoms with Crippen LogP contribution in [0.15, 0.2) is 66.7 Å². The molecule has 2 N–H and O–H groups in total. The number of nitrogens with one attached hydrogen (secondary N) is 2. The molecule has 5 rings (SSSR count). The molecule has 0 saturated heterocycles.